The SMILES string of the molecule is CCCCCCCCCCOCC1CCO1. The van der Waals surface area contributed by atoms with E-state index in [-0.39, 0.29) is 0 Å². The van der Waals surface area contributed by atoms with Crippen molar-refractivity contribution in [2.24, 2.45) is 0 Å². The number of rotatable bonds is 11. The van der Waals surface area contributed by atoms with Crippen LogP contribution in [0.15, 0.2) is 0 Å². The lowest BCUT2D eigenvalue weighted by atomic mass is 10.1. The summed E-state index contributed by atoms with van der Waals surface area (Å²) in [5, 5.41) is 0. The van der Waals surface area contributed by atoms with E-state index in [9.17, 15) is 0 Å². The molecule has 1 saturated heterocycles. The maximum Gasteiger partial charge on any atom is 0.0830 e. The van der Waals surface area contributed by atoms with E-state index in [1.54, 1.807) is 0 Å². The first-order chi connectivity index (χ1) is 7.93. The van der Waals surface area contributed by atoms with Crippen LogP contribution in [0.2, 0.25) is 0 Å². The fourth-order valence-corrected chi connectivity index (χ4v) is 1.97. The van der Waals surface area contributed by atoms with Gasteiger partial charge in [-0.3, -0.25) is 0 Å². The monoisotopic (exact) mass is 228 g/mol. The maximum absolute atomic E-state index is 5.56. The molecule has 0 aromatic carbocycles. The first-order valence-electron chi connectivity index (χ1n) is 7.13. The van der Waals surface area contributed by atoms with Crippen molar-refractivity contribution < 1.29 is 9.47 Å². The predicted molar refractivity (Wildman–Crippen MR) is 67.8 cm³/mol. The molecular weight excluding hydrogens is 200 g/mol. The molecule has 0 saturated carbocycles. The molecule has 16 heavy (non-hydrogen) atoms. The molecular formula is C14H28O2. The minimum absolute atomic E-state index is 0.411. The molecule has 0 amide bonds. The summed E-state index contributed by atoms with van der Waals surface area (Å²) < 4.78 is 10.8. The van der Waals surface area contributed by atoms with Crippen molar-refractivity contribution in [1.29, 1.82) is 0 Å². The molecule has 1 aliphatic heterocycles. The molecule has 1 atom stereocenters. The molecule has 1 rings (SSSR count). The average molecular weight is 228 g/mol. The summed E-state index contributed by atoms with van der Waals surface area (Å²) >= 11 is 0. The molecule has 96 valence electrons. The van der Waals surface area contributed by atoms with Crippen LogP contribution in [0.25, 0.3) is 0 Å². The Morgan fingerprint density at radius 1 is 1.00 bits per heavy atom. The van der Waals surface area contributed by atoms with Gasteiger partial charge in [-0.1, -0.05) is 51.9 Å². The summed E-state index contributed by atoms with van der Waals surface area (Å²) in [6.07, 6.45) is 12.5. The summed E-state index contributed by atoms with van der Waals surface area (Å²) in [7, 11) is 0. The second kappa shape index (κ2) is 10.1. The topological polar surface area (TPSA) is 18.5 Å². The van der Waals surface area contributed by atoms with Crippen LogP contribution in [0.4, 0.5) is 0 Å². The Kier molecular flexibility index (Phi) is 8.83. The van der Waals surface area contributed by atoms with Gasteiger partial charge in [0.2, 0.25) is 0 Å². The Morgan fingerprint density at radius 3 is 2.19 bits per heavy atom. The van der Waals surface area contributed by atoms with Crippen molar-refractivity contribution in [3.8, 4) is 0 Å². The lowest BCUT2D eigenvalue weighted by Gasteiger charge is -2.25. The summed E-state index contributed by atoms with van der Waals surface area (Å²) in [5.41, 5.74) is 0. The third-order valence-electron chi connectivity index (χ3n) is 3.24. The highest BCUT2D eigenvalue weighted by atomic mass is 16.5. The van der Waals surface area contributed by atoms with Crippen LogP contribution in [-0.2, 0) is 9.47 Å². The molecule has 0 bridgehead atoms. The number of ether oxygens (including phenoxy) is 2. The molecule has 0 spiro atoms. The van der Waals surface area contributed by atoms with Gasteiger partial charge in [0.25, 0.3) is 0 Å². The number of hydrogen-bond donors (Lipinski definition) is 0. The first-order valence-corrected chi connectivity index (χ1v) is 7.13. The second-order valence-electron chi connectivity index (χ2n) is 4.83. The van der Waals surface area contributed by atoms with Gasteiger partial charge in [0.05, 0.1) is 12.7 Å². The van der Waals surface area contributed by atoms with Crippen molar-refractivity contribution in [2.75, 3.05) is 19.8 Å². The molecule has 1 fully saturated rings. The van der Waals surface area contributed by atoms with E-state index in [4.69, 9.17) is 9.47 Å². The molecule has 2 nitrogen and oxygen atoms in total. The predicted octanol–water partition coefficient (Wildman–Crippen LogP) is 3.93. The molecule has 0 N–H and O–H groups in total. The van der Waals surface area contributed by atoms with Crippen molar-refractivity contribution in [1.82, 2.24) is 0 Å². The highest BCUT2D eigenvalue weighted by Gasteiger charge is 2.17. The fourth-order valence-electron chi connectivity index (χ4n) is 1.97. The van der Waals surface area contributed by atoms with Crippen molar-refractivity contribution in [3.05, 3.63) is 0 Å². The number of hydrogen-bond acceptors (Lipinski definition) is 2. The van der Waals surface area contributed by atoms with Crippen LogP contribution < -0.4 is 0 Å². The molecule has 0 aliphatic carbocycles. The molecule has 1 heterocycles. The summed E-state index contributed by atoms with van der Waals surface area (Å²) in [5.74, 6) is 0. The Bertz CT molecular complexity index is 144. The Morgan fingerprint density at radius 2 is 1.62 bits per heavy atom. The van der Waals surface area contributed by atoms with Gasteiger partial charge in [-0.25, -0.2) is 0 Å². The average Bonchev–Trinajstić information content (AvgIpc) is 2.23. The van der Waals surface area contributed by atoms with Gasteiger partial charge in [0.15, 0.2) is 0 Å². The lowest BCUT2D eigenvalue weighted by molar-refractivity contribution is -0.0939. The van der Waals surface area contributed by atoms with Gasteiger partial charge >= 0.3 is 0 Å². The van der Waals surface area contributed by atoms with E-state index in [0.717, 1.165) is 19.8 Å². The van der Waals surface area contributed by atoms with Crippen molar-refractivity contribution >= 4 is 0 Å². The van der Waals surface area contributed by atoms with Crippen LogP contribution in [0.5, 0.6) is 0 Å². The van der Waals surface area contributed by atoms with Crippen LogP contribution >= 0.6 is 0 Å². The Labute approximate surface area is 101 Å². The minimum atomic E-state index is 0.411. The van der Waals surface area contributed by atoms with E-state index in [1.165, 1.54) is 57.8 Å². The van der Waals surface area contributed by atoms with Gasteiger partial charge in [-0.2, -0.15) is 0 Å². The third-order valence-corrected chi connectivity index (χ3v) is 3.24. The highest BCUT2D eigenvalue weighted by molar-refractivity contribution is 4.64. The van der Waals surface area contributed by atoms with E-state index in [2.05, 4.69) is 6.92 Å². The first kappa shape index (κ1) is 14.0. The number of unbranched alkanes of at least 4 members (excludes halogenated alkanes) is 7. The lowest BCUT2D eigenvalue weighted by Crippen LogP contribution is -2.31. The second-order valence-corrected chi connectivity index (χ2v) is 4.83. The minimum Gasteiger partial charge on any atom is -0.379 e. The molecule has 2 heteroatoms. The Balaban J connectivity index is 1.65. The molecule has 1 aliphatic rings. The summed E-state index contributed by atoms with van der Waals surface area (Å²) in [6, 6.07) is 0. The van der Waals surface area contributed by atoms with Crippen molar-refractivity contribution in [3.63, 3.8) is 0 Å². The molecule has 0 aromatic rings. The van der Waals surface area contributed by atoms with E-state index >= 15 is 0 Å². The zero-order chi connectivity index (χ0) is 11.5. The van der Waals surface area contributed by atoms with Gasteiger partial charge in [0, 0.05) is 13.2 Å². The molecule has 0 radical (unpaired) electrons. The molecule has 0 aromatic heterocycles. The van der Waals surface area contributed by atoms with Crippen LogP contribution in [0.1, 0.15) is 64.7 Å². The zero-order valence-corrected chi connectivity index (χ0v) is 10.9. The standard InChI is InChI=1S/C14H28O2/c1-2-3-4-5-6-7-8-9-11-15-13-14-10-12-16-14/h14H,2-13H2,1H3. The smallest absolute Gasteiger partial charge is 0.0830 e. The Hall–Kier alpha value is -0.0800. The van der Waals surface area contributed by atoms with Crippen molar-refractivity contribution in [2.45, 2.75) is 70.8 Å². The largest absolute Gasteiger partial charge is 0.379 e. The zero-order valence-electron chi connectivity index (χ0n) is 10.9. The maximum atomic E-state index is 5.56. The van der Waals surface area contributed by atoms with Gasteiger partial charge in [-0.05, 0) is 12.8 Å². The van der Waals surface area contributed by atoms with Crippen LogP contribution in [0, 0.1) is 0 Å². The normalized spacial score (nSPS) is 19.7. The summed E-state index contributed by atoms with van der Waals surface area (Å²) in [6.45, 7) is 4.94. The van der Waals surface area contributed by atoms with Gasteiger partial charge in [0.1, 0.15) is 0 Å². The van der Waals surface area contributed by atoms with E-state index in [0.29, 0.717) is 6.10 Å². The van der Waals surface area contributed by atoms with Gasteiger partial charge in [-0.15, -0.1) is 0 Å². The van der Waals surface area contributed by atoms with Crippen LogP contribution in [-0.4, -0.2) is 25.9 Å². The summed E-state index contributed by atoms with van der Waals surface area (Å²) in [4.78, 5) is 0. The van der Waals surface area contributed by atoms with E-state index in [1.807, 2.05) is 0 Å². The highest BCUT2D eigenvalue weighted by Crippen LogP contribution is 2.11. The molecule has 1 unspecified atom stereocenters. The van der Waals surface area contributed by atoms with Gasteiger partial charge < -0.3 is 9.47 Å². The van der Waals surface area contributed by atoms with E-state index < -0.39 is 0 Å². The fraction of sp³-hybridized carbons (Fsp3) is 1.00. The third kappa shape index (κ3) is 7.24. The van der Waals surface area contributed by atoms with Crippen LogP contribution in [0.3, 0.4) is 0 Å². The quantitative estimate of drug-likeness (QED) is 0.499.